The molecule has 0 aliphatic rings. The van der Waals surface area contributed by atoms with Crippen LogP contribution in [0.3, 0.4) is 0 Å². The molecule has 0 fully saturated rings. The third kappa shape index (κ3) is 44.5. The monoisotopic (exact) mass is 256 g/mol. The number of carbonyl (C=O) groups is 2. The quantitative estimate of drug-likeness (QED) is 0.490. The van der Waals surface area contributed by atoms with Crippen molar-refractivity contribution < 1.29 is 39.3 Å². The van der Waals surface area contributed by atoms with Crippen molar-refractivity contribution in [2.75, 3.05) is 0 Å². The first-order chi connectivity index (χ1) is 2.64. The van der Waals surface area contributed by atoms with Crippen LogP contribution in [0.2, 0.25) is 0 Å². The van der Waals surface area contributed by atoms with Crippen molar-refractivity contribution in [3.63, 3.8) is 0 Å². The molecule has 0 saturated heterocycles. The Kier molecular flexibility index (Phi) is 98.1. The number of rotatable bonds is 0. The molecule has 11 heavy (non-hydrogen) atoms. The second-order valence-electron chi connectivity index (χ2n) is 0.610. The van der Waals surface area contributed by atoms with Gasteiger partial charge in [-0.1, -0.05) is 0 Å². The molecule has 0 radical (unpaired) electrons. The molecule has 8 nitrogen and oxygen atoms in total. The van der Waals surface area contributed by atoms with Crippen molar-refractivity contribution in [2.45, 2.75) is 0 Å². The average Bonchev–Trinajstić information content (AvgIpc) is 1.36. The van der Waals surface area contributed by atoms with Crippen molar-refractivity contribution in [1.82, 2.24) is 0 Å². The summed E-state index contributed by atoms with van der Waals surface area (Å²) in [6.07, 6.45) is 0. The van der Waals surface area contributed by atoms with Crippen molar-refractivity contribution in [1.29, 1.82) is 0 Å². The Morgan fingerprint density at radius 1 is 0.727 bits per heavy atom. The maximum absolute atomic E-state index is 9.10. The van der Waals surface area contributed by atoms with E-state index in [9.17, 15) is 0 Å². The molecule has 0 aromatic rings. The maximum atomic E-state index is 9.10. The Hall–Kier alpha value is -0.597. The first-order valence-electron chi connectivity index (χ1n) is 1.11. The molecule has 0 heterocycles. The second-order valence-corrected chi connectivity index (χ2v) is 0.610. The van der Waals surface area contributed by atoms with Crippen LogP contribution in [0.5, 0.6) is 0 Å². The third-order valence-corrected chi connectivity index (χ3v) is 0.183. The molecule has 70 valence electrons. The zero-order valence-electron chi connectivity index (χ0n) is 5.37. The van der Waals surface area contributed by atoms with Crippen LogP contribution in [0.1, 0.15) is 0 Å². The number of aliphatic carboxylic acids is 2. The number of carboxylic acid groups (broad SMARTS) is 2. The molecule has 0 aromatic heterocycles. The van der Waals surface area contributed by atoms with E-state index in [0.717, 1.165) is 0 Å². The molecule has 0 rings (SSSR count). The van der Waals surface area contributed by atoms with Gasteiger partial charge in [-0.25, -0.2) is 9.59 Å². The zero-order valence-corrected chi connectivity index (χ0v) is 7.11. The van der Waals surface area contributed by atoms with Crippen LogP contribution in [0.25, 0.3) is 24.6 Å². The fraction of sp³-hybridized carbons (Fsp3) is 0. The van der Waals surface area contributed by atoms with Gasteiger partial charge in [0.2, 0.25) is 0 Å². The number of nitrogens with two attached hydrogens (primary N) is 4. The van der Waals surface area contributed by atoms with Crippen LogP contribution in [-0.2, 0) is 29.1 Å². The maximum Gasteiger partial charge on any atom is 4.00 e. The predicted octanol–water partition coefficient (Wildman–Crippen LogP) is 2.02. The average molecular weight is 255 g/mol. The fourth-order valence-electron chi connectivity index (χ4n) is 0. The summed E-state index contributed by atoms with van der Waals surface area (Å²) in [6.45, 7) is 0. The summed E-state index contributed by atoms with van der Waals surface area (Å²) in [5, 5.41) is 14.8. The molecule has 0 atom stereocenters. The molecule has 0 spiro atoms. The van der Waals surface area contributed by atoms with Gasteiger partial charge in [0.25, 0.3) is 0 Å². The van der Waals surface area contributed by atoms with E-state index in [1.54, 1.807) is 0 Å². The topological polar surface area (TPSA) is 209 Å². The van der Waals surface area contributed by atoms with E-state index >= 15 is 0 Å². The molecule has 0 saturated carbocycles. The minimum Gasteiger partial charge on any atom is -0.693 e. The van der Waals surface area contributed by atoms with Crippen LogP contribution < -0.4 is 0 Å². The third-order valence-electron chi connectivity index (χ3n) is 0.183. The minimum atomic E-state index is -1.82. The van der Waals surface area contributed by atoms with Crippen LogP contribution in [-0.4, -0.2) is 22.2 Å². The summed E-state index contributed by atoms with van der Waals surface area (Å²) >= 11 is 0. The Labute approximate surface area is 76.4 Å². The van der Waals surface area contributed by atoms with Crippen LogP contribution in [0.15, 0.2) is 0 Å². The van der Waals surface area contributed by atoms with Crippen molar-refractivity contribution in [3.05, 3.63) is 24.6 Å². The summed E-state index contributed by atoms with van der Waals surface area (Å²) in [6, 6.07) is 0. The Bertz CT molecular complexity index is 86.1. The first-order valence-corrected chi connectivity index (χ1v) is 1.11. The van der Waals surface area contributed by atoms with Crippen LogP contribution in [0, 0.1) is 0 Å². The van der Waals surface area contributed by atoms with Gasteiger partial charge in [-0.3, -0.25) is 0 Å². The summed E-state index contributed by atoms with van der Waals surface area (Å²) in [4.78, 5) is 18.2. The van der Waals surface area contributed by atoms with E-state index in [0.29, 0.717) is 0 Å². The smallest absolute Gasteiger partial charge is 0.693 e. The van der Waals surface area contributed by atoms with Gasteiger partial charge >= 0.3 is 31.4 Å². The zero-order chi connectivity index (χ0) is 5.15. The Balaban J connectivity index is -0.0000000125. The van der Waals surface area contributed by atoms with E-state index in [-0.39, 0.29) is 44.1 Å². The minimum absolute atomic E-state index is 0. The summed E-state index contributed by atoms with van der Waals surface area (Å²) in [5.41, 5.74) is 0. The number of hydrogen-bond acceptors (Lipinski definition) is 2. The van der Waals surface area contributed by atoms with Crippen LogP contribution >= 0.6 is 0 Å². The SMILES string of the molecule is O=C(O)C(=O)O.[NH2-].[NH2-].[NH2-].[NH2-].[Ru+4]. The van der Waals surface area contributed by atoms with E-state index < -0.39 is 11.9 Å². The molecule has 0 unspecified atom stereocenters. The Morgan fingerprint density at radius 3 is 0.818 bits per heavy atom. The molecule has 0 aromatic carbocycles. The molecule has 10 N–H and O–H groups in total. The molecule has 0 bridgehead atoms. The molecule has 0 amide bonds. The summed E-state index contributed by atoms with van der Waals surface area (Å²) in [5.74, 6) is -3.65. The molecule has 9 heteroatoms. The van der Waals surface area contributed by atoms with E-state index in [1.165, 1.54) is 0 Å². The predicted molar refractivity (Wildman–Crippen MR) is 36.4 cm³/mol. The first kappa shape index (κ1) is 47.4. The summed E-state index contributed by atoms with van der Waals surface area (Å²) < 4.78 is 0. The molecular weight excluding hydrogens is 245 g/mol. The fourth-order valence-corrected chi connectivity index (χ4v) is 0. The summed E-state index contributed by atoms with van der Waals surface area (Å²) in [7, 11) is 0. The number of hydrogen-bond donors (Lipinski definition) is 2. The molecular formula is C2H10N4O4Ru. The van der Waals surface area contributed by atoms with Crippen LogP contribution in [0.4, 0.5) is 0 Å². The van der Waals surface area contributed by atoms with Gasteiger partial charge in [0.1, 0.15) is 0 Å². The van der Waals surface area contributed by atoms with Gasteiger partial charge in [-0.2, -0.15) is 0 Å². The van der Waals surface area contributed by atoms with Crippen molar-refractivity contribution in [2.24, 2.45) is 0 Å². The van der Waals surface area contributed by atoms with Gasteiger partial charge in [0.05, 0.1) is 0 Å². The Morgan fingerprint density at radius 2 is 0.818 bits per heavy atom. The van der Waals surface area contributed by atoms with Gasteiger partial charge in [-0.15, -0.1) is 0 Å². The van der Waals surface area contributed by atoms with Gasteiger partial charge in [-0.05, 0) is 0 Å². The van der Waals surface area contributed by atoms with E-state index in [1.807, 2.05) is 0 Å². The largest absolute Gasteiger partial charge is 4.00 e. The van der Waals surface area contributed by atoms with Crippen molar-refractivity contribution in [3.8, 4) is 0 Å². The van der Waals surface area contributed by atoms with Crippen molar-refractivity contribution >= 4 is 11.9 Å². The van der Waals surface area contributed by atoms with Gasteiger partial charge < -0.3 is 34.8 Å². The van der Waals surface area contributed by atoms with Gasteiger partial charge in [0, 0.05) is 0 Å². The normalized spacial score (nSPS) is 4.00. The molecule has 0 aliphatic carbocycles. The molecule has 0 aliphatic heterocycles. The van der Waals surface area contributed by atoms with Gasteiger partial charge in [0.15, 0.2) is 0 Å². The van der Waals surface area contributed by atoms with E-state index in [4.69, 9.17) is 19.8 Å². The van der Waals surface area contributed by atoms with E-state index in [2.05, 4.69) is 0 Å². The standard InChI is InChI=1S/C2H2O4.4H2N.Ru/c3-1(4)2(5)6;;;;;/h(H,3,4)(H,5,6);4*1H2;/q;4*-1;+4. The number of carboxylic acids is 2. The second kappa shape index (κ2) is 22.7.